The Kier molecular flexibility index (Phi) is 14.4. The Morgan fingerprint density at radius 3 is 2.38 bits per heavy atom. The molecule has 0 amide bonds. The smallest absolute Gasteiger partial charge is 0.357 e. The first-order chi connectivity index (χ1) is 21.7. The van der Waals surface area contributed by atoms with Gasteiger partial charge < -0.3 is 24.1 Å². The Bertz CT molecular complexity index is 1520. The summed E-state index contributed by atoms with van der Waals surface area (Å²) in [6.45, 7) is 7.22. The molecule has 3 aromatic rings. The number of methoxy groups -OCH3 is 2. The molecule has 3 rings (SSSR count). The van der Waals surface area contributed by atoms with E-state index in [-0.39, 0.29) is 24.0 Å². The summed E-state index contributed by atoms with van der Waals surface area (Å²) in [7, 11) is -1.02. The molecule has 0 radical (unpaired) electrons. The minimum Gasteiger partial charge on any atom is -0.461 e. The van der Waals surface area contributed by atoms with Gasteiger partial charge in [0.25, 0.3) is 10.0 Å². The molecule has 1 aromatic heterocycles. The lowest BCUT2D eigenvalue weighted by Crippen LogP contribution is -2.42. The van der Waals surface area contributed by atoms with Crippen molar-refractivity contribution in [1.29, 1.82) is 0 Å². The van der Waals surface area contributed by atoms with Gasteiger partial charge in [-0.1, -0.05) is 62.7 Å². The molecule has 45 heavy (non-hydrogen) atoms. The number of thioether (sulfide) groups is 1. The molecular formula is C32H45N5O6S2. The summed E-state index contributed by atoms with van der Waals surface area (Å²) >= 11 is 1.43. The summed E-state index contributed by atoms with van der Waals surface area (Å²) < 4.78 is 47.6. The van der Waals surface area contributed by atoms with Gasteiger partial charge in [-0.3, -0.25) is 0 Å². The van der Waals surface area contributed by atoms with Gasteiger partial charge in [-0.2, -0.15) is 0 Å². The van der Waals surface area contributed by atoms with Gasteiger partial charge in [0.05, 0.1) is 18.0 Å². The van der Waals surface area contributed by atoms with Gasteiger partial charge in [0, 0.05) is 39.3 Å². The lowest BCUT2D eigenvalue weighted by Gasteiger charge is -2.17. The maximum Gasteiger partial charge on any atom is 0.357 e. The van der Waals surface area contributed by atoms with Crippen LogP contribution in [0.25, 0.3) is 11.1 Å². The van der Waals surface area contributed by atoms with Crippen LogP contribution in [0.1, 0.15) is 61.9 Å². The summed E-state index contributed by atoms with van der Waals surface area (Å²) in [6.07, 6.45) is 4.77. The van der Waals surface area contributed by atoms with Crippen LogP contribution in [0.15, 0.2) is 63.4 Å². The van der Waals surface area contributed by atoms with Crippen molar-refractivity contribution in [3.63, 3.8) is 0 Å². The number of esters is 1. The molecular weight excluding hydrogens is 615 g/mol. The van der Waals surface area contributed by atoms with Crippen LogP contribution in [0.5, 0.6) is 0 Å². The topological polar surface area (TPSA) is 133 Å². The van der Waals surface area contributed by atoms with Crippen molar-refractivity contribution >= 4 is 33.7 Å². The van der Waals surface area contributed by atoms with E-state index in [4.69, 9.17) is 19.2 Å². The van der Waals surface area contributed by atoms with Crippen LogP contribution in [0.2, 0.25) is 0 Å². The Labute approximate surface area is 271 Å². The SMILES string of the molecule is CCCCc1nc(SC)c(C(=O)OCC)n1Cc1ccc(-c2ccccc2S(=O)(=O)NC(=NCC(OC)OC)NCCC)cc1. The number of aromatic nitrogens is 2. The van der Waals surface area contributed by atoms with Crippen LogP contribution in [0.3, 0.4) is 0 Å². The quantitative estimate of drug-likeness (QED) is 0.0668. The molecule has 0 bridgehead atoms. The first-order valence-corrected chi connectivity index (χ1v) is 17.8. The van der Waals surface area contributed by atoms with E-state index in [1.165, 1.54) is 26.0 Å². The number of carbonyl (C=O) groups excluding carboxylic acids is 1. The molecule has 2 N–H and O–H groups in total. The average molecular weight is 660 g/mol. The standard InChI is InChI=1S/C32H45N5O6S2/c1-7-10-15-27-35-30(44-6)29(31(38)43-9-3)37(27)22-23-16-18-24(19-17-23)25-13-11-12-14-26(25)45(39,40)36-32(33-20-8-2)34-21-28(41-4)42-5/h11-14,16-19,28H,7-10,15,20-22H2,1-6H3,(H2,33,34,36). The van der Waals surface area contributed by atoms with E-state index in [1.54, 1.807) is 31.2 Å². The molecule has 11 nitrogen and oxygen atoms in total. The van der Waals surface area contributed by atoms with Crippen LogP contribution >= 0.6 is 11.8 Å². The van der Waals surface area contributed by atoms with Crippen molar-refractivity contribution in [3.05, 3.63) is 65.6 Å². The molecule has 0 saturated heterocycles. The molecule has 13 heteroatoms. The number of hydrogen-bond acceptors (Lipinski definition) is 9. The van der Waals surface area contributed by atoms with E-state index in [2.05, 4.69) is 22.0 Å². The van der Waals surface area contributed by atoms with Crippen molar-refractivity contribution in [2.75, 3.05) is 40.2 Å². The van der Waals surface area contributed by atoms with Gasteiger partial charge in [0.15, 0.2) is 12.0 Å². The number of aliphatic imine (C=N–C) groups is 1. The minimum atomic E-state index is -4.02. The van der Waals surface area contributed by atoms with E-state index >= 15 is 0 Å². The molecule has 1 heterocycles. The van der Waals surface area contributed by atoms with Gasteiger partial charge >= 0.3 is 5.97 Å². The zero-order valence-electron chi connectivity index (χ0n) is 27.0. The average Bonchev–Trinajstić information content (AvgIpc) is 3.40. The summed E-state index contributed by atoms with van der Waals surface area (Å²) in [5.41, 5.74) is 2.67. The van der Waals surface area contributed by atoms with E-state index < -0.39 is 22.3 Å². The van der Waals surface area contributed by atoms with Gasteiger partial charge in [0.2, 0.25) is 5.96 Å². The maximum atomic E-state index is 13.7. The lowest BCUT2D eigenvalue weighted by atomic mass is 10.0. The minimum absolute atomic E-state index is 0.109. The molecule has 0 unspecified atom stereocenters. The van der Waals surface area contributed by atoms with Crippen molar-refractivity contribution < 1.29 is 27.4 Å². The number of hydrogen-bond donors (Lipinski definition) is 2. The number of benzene rings is 2. The van der Waals surface area contributed by atoms with Crippen LogP contribution in [-0.2, 0) is 37.2 Å². The fourth-order valence-corrected chi connectivity index (χ4v) is 6.40. The van der Waals surface area contributed by atoms with E-state index in [9.17, 15) is 13.2 Å². The van der Waals surface area contributed by atoms with Crippen LogP contribution in [0, 0.1) is 0 Å². The van der Waals surface area contributed by atoms with Crippen molar-refractivity contribution in [3.8, 4) is 11.1 Å². The Hall–Kier alpha value is -3.39. The molecule has 2 aromatic carbocycles. The molecule has 0 aliphatic heterocycles. The van der Waals surface area contributed by atoms with E-state index in [1.807, 2.05) is 42.0 Å². The second-order valence-corrected chi connectivity index (χ2v) is 12.6. The second-order valence-electron chi connectivity index (χ2n) is 10.1. The fraction of sp³-hybridized carbons (Fsp3) is 0.469. The summed E-state index contributed by atoms with van der Waals surface area (Å²) in [4.78, 5) is 22.2. The molecule has 0 aliphatic rings. The monoisotopic (exact) mass is 659 g/mol. The van der Waals surface area contributed by atoms with Gasteiger partial charge in [-0.15, -0.1) is 11.8 Å². The third kappa shape index (κ3) is 9.80. The highest BCUT2D eigenvalue weighted by Gasteiger charge is 2.25. The molecule has 0 saturated carbocycles. The molecule has 246 valence electrons. The van der Waals surface area contributed by atoms with E-state index in [0.29, 0.717) is 29.4 Å². The number of guanidine groups is 1. The normalized spacial score (nSPS) is 12.0. The number of ether oxygens (including phenoxy) is 3. The highest BCUT2D eigenvalue weighted by atomic mass is 32.2. The summed E-state index contributed by atoms with van der Waals surface area (Å²) in [6, 6.07) is 14.5. The highest BCUT2D eigenvalue weighted by Crippen LogP contribution is 2.29. The molecule has 0 atom stereocenters. The number of carbonyl (C=O) groups is 1. The Morgan fingerprint density at radius 1 is 1.04 bits per heavy atom. The predicted molar refractivity (Wildman–Crippen MR) is 178 cm³/mol. The number of imidazole rings is 1. The summed E-state index contributed by atoms with van der Waals surface area (Å²) in [5, 5.41) is 3.69. The lowest BCUT2D eigenvalue weighted by molar-refractivity contribution is -0.0937. The van der Waals surface area contributed by atoms with E-state index in [0.717, 1.165) is 42.6 Å². The number of unbranched alkanes of at least 4 members (excludes halogenated alkanes) is 1. The van der Waals surface area contributed by atoms with Gasteiger partial charge in [-0.25, -0.2) is 27.9 Å². The van der Waals surface area contributed by atoms with Crippen LogP contribution < -0.4 is 10.0 Å². The zero-order valence-corrected chi connectivity index (χ0v) is 28.6. The van der Waals surface area contributed by atoms with Gasteiger partial charge in [0.1, 0.15) is 10.9 Å². The summed E-state index contributed by atoms with van der Waals surface area (Å²) in [5.74, 6) is 0.561. The third-order valence-electron chi connectivity index (χ3n) is 6.91. The number of nitrogens with one attached hydrogen (secondary N) is 2. The van der Waals surface area contributed by atoms with Crippen molar-refractivity contribution in [2.45, 2.75) is 69.2 Å². The number of sulfonamides is 1. The van der Waals surface area contributed by atoms with Crippen molar-refractivity contribution in [1.82, 2.24) is 19.6 Å². The molecule has 0 spiro atoms. The first-order valence-electron chi connectivity index (χ1n) is 15.1. The maximum absolute atomic E-state index is 13.7. The van der Waals surface area contributed by atoms with Crippen LogP contribution in [-0.4, -0.2) is 76.4 Å². The predicted octanol–water partition coefficient (Wildman–Crippen LogP) is 5.09. The zero-order chi connectivity index (χ0) is 32.8. The Morgan fingerprint density at radius 2 is 1.76 bits per heavy atom. The fourth-order valence-electron chi connectivity index (χ4n) is 4.58. The number of nitrogens with zero attached hydrogens (tertiary/aromatic N) is 3. The Balaban J connectivity index is 1.93. The first kappa shape index (κ1) is 36.1. The third-order valence-corrected chi connectivity index (χ3v) is 8.98. The number of aryl methyl sites for hydroxylation is 1. The number of rotatable bonds is 17. The highest BCUT2D eigenvalue weighted by molar-refractivity contribution is 7.98. The molecule has 0 aliphatic carbocycles. The largest absolute Gasteiger partial charge is 0.461 e. The molecule has 0 fully saturated rings. The second kappa shape index (κ2) is 17.9. The van der Waals surface area contributed by atoms with Crippen molar-refractivity contribution in [2.24, 2.45) is 4.99 Å². The van der Waals surface area contributed by atoms with Gasteiger partial charge in [-0.05, 0) is 43.2 Å². The van der Waals surface area contributed by atoms with Crippen LogP contribution in [0.4, 0.5) is 0 Å².